The smallest absolute Gasteiger partial charge is 0.0883 e. The summed E-state index contributed by atoms with van der Waals surface area (Å²) in [6.45, 7) is 0. The number of nitrogens with one attached hydrogen (secondary N) is 2. The van der Waals surface area contributed by atoms with Crippen LogP contribution in [-0.4, -0.2) is 11.4 Å². The fourth-order valence-corrected chi connectivity index (χ4v) is 3.63. The number of fused-ring (bicyclic) bond motifs is 3. The summed E-state index contributed by atoms with van der Waals surface area (Å²) in [5.74, 6) is 0. The molecule has 0 unspecified atom stereocenters. The van der Waals surface area contributed by atoms with Gasteiger partial charge in [-0.25, -0.2) is 0 Å². The van der Waals surface area contributed by atoms with E-state index in [1.807, 2.05) is 22.9 Å². The first kappa shape index (κ1) is 8.08. The zero-order chi connectivity index (χ0) is 9.71. The first-order valence-electron chi connectivity index (χ1n) is 4.12. The molecule has 2 aromatic rings. The zero-order valence-electron chi connectivity index (χ0n) is 7.13. The van der Waals surface area contributed by atoms with E-state index in [0.717, 1.165) is 20.9 Å². The summed E-state index contributed by atoms with van der Waals surface area (Å²) in [4.78, 5) is 2.30. The second-order valence-electron chi connectivity index (χ2n) is 3.08. The molecule has 2 nitrogen and oxygen atoms in total. The lowest BCUT2D eigenvalue weighted by Gasteiger charge is -2.13. The van der Waals surface area contributed by atoms with Crippen LogP contribution in [0.3, 0.4) is 0 Å². The largest absolute Gasteiger partial charge is 0.298 e. The fraction of sp³-hybridized carbons (Fsp3) is 0. The van der Waals surface area contributed by atoms with E-state index in [1.54, 1.807) is 22.7 Å². The predicted octanol–water partition coefficient (Wildman–Crippen LogP) is 3.23. The van der Waals surface area contributed by atoms with Gasteiger partial charge in [0.05, 0.1) is 21.2 Å². The minimum Gasteiger partial charge on any atom is -0.298 e. The Hall–Kier alpha value is -1.26. The predicted molar refractivity (Wildman–Crippen MR) is 61.3 cm³/mol. The summed E-state index contributed by atoms with van der Waals surface area (Å²) in [6.07, 6.45) is 0. The summed E-state index contributed by atoms with van der Waals surface area (Å²) < 4.78 is 0. The zero-order valence-corrected chi connectivity index (χ0v) is 8.76. The molecular weight excluding hydrogens is 212 g/mol. The summed E-state index contributed by atoms with van der Waals surface area (Å²) >= 11 is 3.30. The Morgan fingerprint density at radius 1 is 0.786 bits per heavy atom. The van der Waals surface area contributed by atoms with Crippen LogP contribution in [0.4, 0.5) is 0 Å². The third-order valence-electron chi connectivity index (χ3n) is 2.33. The molecule has 68 valence electrons. The van der Waals surface area contributed by atoms with Gasteiger partial charge in [-0.2, -0.15) is 0 Å². The Morgan fingerprint density at radius 3 is 1.64 bits per heavy atom. The molecule has 0 aliphatic heterocycles. The molecule has 1 aliphatic carbocycles. The van der Waals surface area contributed by atoms with Crippen molar-refractivity contribution in [2.45, 2.75) is 0 Å². The minimum absolute atomic E-state index is 0.354. The van der Waals surface area contributed by atoms with Gasteiger partial charge < -0.3 is 0 Å². The van der Waals surface area contributed by atoms with E-state index < -0.39 is 0 Å². The Bertz CT molecular complexity index is 498. The van der Waals surface area contributed by atoms with Crippen molar-refractivity contribution in [3.05, 3.63) is 34.0 Å². The second-order valence-corrected chi connectivity index (χ2v) is 4.91. The highest BCUT2D eigenvalue weighted by atomic mass is 32.1. The minimum atomic E-state index is 0.354. The SMILES string of the molecule is N=C1C(=N)c2ccsc2-c2sccc21. The van der Waals surface area contributed by atoms with Crippen LogP contribution in [-0.2, 0) is 0 Å². The highest BCUT2D eigenvalue weighted by molar-refractivity contribution is 7.21. The van der Waals surface area contributed by atoms with Crippen LogP contribution in [0.5, 0.6) is 0 Å². The molecule has 1 aliphatic rings. The van der Waals surface area contributed by atoms with Gasteiger partial charge in [-0.05, 0) is 22.9 Å². The highest BCUT2D eigenvalue weighted by Gasteiger charge is 2.26. The quantitative estimate of drug-likeness (QED) is 0.682. The topological polar surface area (TPSA) is 47.7 Å². The van der Waals surface area contributed by atoms with Crippen molar-refractivity contribution in [1.29, 1.82) is 10.8 Å². The Kier molecular flexibility index (Phi) is 1.51. The van der Waals surface area contributed by atoms with E-state index in [-0.39, 0.29) is 0 Å². The Morgan fingerprint density at radius 2 is 1.21 bits per heavy atom. The van der Waals surface area contributed by atoms with Crippen LogP contribution in [0.1, 0.15) is 11.1 Å². The van der Waals surface area contributed by atoms with Gasteiger partial charge in [0.2, 0.25) is 0 Å². The van der Waals surface area contributed by atoms with Crippen LogP contribution in [0, 0.1) is 10.8 Å². The van der Waals surface area contributed by atoms with Crippen LogP contribution < -0.4 is 0 Å². The summed E-state index contributed by atoms with van der Waals surface area (Å²) in [5.41, 5.74) is 2.53. The van der Waals surface area contributed by atoms with Crippen LogP contribution >= 0.6 is 22.7 Å². The van der Waals surface area contributed by atoms with Gasteiger partial charge in [-0.15, -0.1) is 22.7 Å². The van der Waals surface area contributed by atoms with Gasteiger partial charge in [0.1, 0.15) is 0 Å². The van der Waals surface area contributed by atoms with Gasteiger partial charge in [0, 0.05) is 11.1 Å². The fourth-order valence-electron chi connectivity index (χ4n) is 1.63. The van der Waals surface area contributed by atoms with Crippen LogP contribution in [0.15, 0.2) is 22.9 Å². The number of hydrogen-bond acceptors (Lipinski definition) is 4. The average Bonchev–Trinajstić information content (AvgIpc) is 2.80. The molecule has 4 heteroatoms. The molecule has 2 heterocycles. The van der Waals surface area contributed by atoms with Crippen molar-refractivity contribution >= 4 is 34.1 Å². The molecule has 14 heavy (non-hydrogen) atoms. The molecule has 2 N–H and O–H groups in total. The third kappa shape index (κ3) is 0.844. The molecule has 0 fully saturated rings. The molecule has 0 bridgehead atoms. The molecule has 0 spiro atoms. The molecule has 0 atom stereocenters. The first-order valence-corrected chi connectivity index (χ1v) is 5.88. The lowest BCUT2D eigenvalue weighted by atomic mass is 9.94. The third-order valence-corrected chi connectivity index (χ3v) is 4.32. The van der Waals surface area contributed by atoms with Crippen molar-refractivity contribution in [3.8, 4) is 9.75 Å². The Balaban J connectivity index is 2.43. The van der Waals surface area contributed by atoms with Crippen molar-refractivity contribution in [2.75, 3.05) is 0 Å². The Labute approximate surface area is 88.9 Å². The van der Waals surface area contributed by atoms with Crippen molar-refractivity contribution in [1.82, 2.24) is 0 Å². The maximum Gasteiger partial charge on any atom is 0.0883 e. The molecule has 2 aromatic heterocycles. The summed E-state index contributed by atoms with van der Waals surface area (Å²) in [5, 5.41) is 19.7. The van der Waals surface area contributed by atoms with Crippen LogP contribution in [0.25, 0.3) is 9.75 Å². The van der Waals surface area contributed by atoms with Crippen molar-refractivity contribution in [2.24, 2.45) is 0 Å². The molecule has 0 saturated heterocycles. The number of thiophene rings is 2. The van der Waals surface area contributed by atoms with Gasteiger partial charge in [-0.3, -0.25) is 10.8 Å². The number of hydrogen-bond donors (Lipinski definition) is 2. The number of rotatable bonds is 0. The first-order chi connectivity index (χ1) is 6.79. The van der Waals surface area contributed by atoms with E-state index in [9.17, 15) is 0 Å². The highest BCUT2D eigenvalue weighted by Crippen LogP contribution is 2.40. The maximum atomic E-state index is 7.85. The summed E-state index contributed by atoms with van der Waals surface area (Å²) in [7, 11) is 0. The second kappa shape index (κ2) is 2.62. The molecule has 0 saturated carbocycles. The standard InChI is InChI=1S/C10H6N2S2/c11-7-5-1-3-13-9(5)10-6(8(7)12)2-4-14-10/h1-4,11-12H. The molecule has 0 aromatic carbocycles. The van der Waals surface area contributed by atoms with Gasteiger partial charge in [0.25, 0.3) is 0 Å². The molecular formula is C10H6N2S2. The average molecular weight is 218 g/mol. The maximum absolute atomic E-state index is 7.85. The molecule has 0 radical (unpaired) electrons. The monoisotopic (exact) mass is 218 g/mol. The van der Waals surface area contributed by atoms with Crippen molar-refractivity contribution < 1.29 is 0 Å². The normalized spacial score (nSPS) is 14.0. The van der Waals surface area contributed by atoms with E-state index in [4.69, 9.17) is 10.8 Å². The lowest BCUT2D eigenvalue weighted by molar-refractivity contribution is 1.46. The van der Waals surface area contributed by atoms with E-state index in [0.29, 0.717) is 11.4 Å². The van der Waals surface area contributed by atoms with Crippen LogP contribution in [0.2, 0.25) is 0 Å². The van der Waals surface area contributed by atoms with E-state index in [2.05, 4.69) is 0 Å². The van der Waals surface area contributed by atoms with Gasteiger partial charge in [0.15, 0.2) is 0 Å². The van der Waals surface area contributed by atoms with Crippen molar-refractivity contribution in [3.63, 3.8) is 0 Å². The van der Waals surface area contributed by atoms with E-state index in [1.165, 1.54) is 0 Å². The molecule has 3 rings (SSSR count). The molecule has 0 amide bonds. The lowest BCUT2D eigenvalue weighted by Crippen LogP contribution is -2.18. The van der Waals surface area contributed by atoms with Gasteiger partial charge in [-0.1, -0.05) is 0 Å². The van der Waals surface area contributed by atoms with E-state index >= 15 is 0 Å². The summed E-state index contributed by atoms with van der Waals surface area (Å²) in [6, 6.07) is 3.86. The van der Waals surface area contributed by atoms with Gasteiger partial charge >= 0.3 is 0 Å².